The molecule has 1 aliphatic heterocycles. The van der Waals surface area contributed by atoms with Crippen molar-refractivity contribution in [2.75, 3.05) is 24.7 Å². The van der Waals surface area contributed by atoms with Crippen LogP contribution in [0.4, 0.5) is 5.69 Å². The van der Waals surface area contributed by atoms with E-state index in [9.17, 15) is 4.79 Å². The van der Waals surface area contributed by atoms with Crippen LogP contribution >= 0.6 is 11.8 Å². The molecule has 2 rings (SSSR count). The molecular formula is C13H18N2OS. The minimum atomic E-state index is 0.0879. The summed E-state index contributed by atoms with van der Waals surface area (Å²) in [5.74, 6) is 0.630. The van der Waals surface area contributed by atoms with Crippen LogP contribution < -0.4 is 10.6 Å². The molecule has 92 valence electrons. The molecule has 0 aromatic heterocycles. The first kappa shape index (κ1) is 12.5. The fourth-order valence-corrected chi connectivity index (χ4v) is 2.69. The number of carbonyl (C=O) groups excluding carboxylic acids is 1. The van der Waals surface area contributed by atoms with Crippen molar-refractivity contribution >= 4 is 23.4 Å². The number of para-hydroxylation sites is 1. The molecule has 1 fully saturated rings. The third-order valence-electron chi connectivity index (χ3n) is 3.22. The summed E-state index contributed by atoms with van der Waals surface area (Å²) in [4.78, 5) is 13.2. The first-order chi connectivity index (χ1) is 8.22. The van der Waals surface area contributed by atoms with E-state index in [0.717, 1.165) is 23.7 Å². The fraction of sp³-hybridized carbons (Fsp3) is 0.462. The van der Waals surface area contributed by atoms with E-state index < -0.39 is 0 Å². The number of thioether (sulfide) groups is 1. The summed E-state index contributed by atoms with van der Waals surface area (Å²) in [5.41, 5.74) is 0.920. The molecule has 3 nitrogen and oxygen atoms in total. The molecule has 4 heteroatoms. The molecule has 1 aromatic rings. The van der Waals surface area contributed by atoms with Crippen LogP contribution in [0.25, 0.3) is 0 Å². The summed E-state index contributed by atoms with van der Waals surface area (Å²) in [5, 5.41) is 6.29. The molecule has 2 atom stereocenters. The quantitative estimate of drug-likeness (QED) is 0.808. The predicted molar refractivity (Wildman–Crippen MR) is 72.4 cm³/mol. The summed E-state index contributed by atoms with van der Waals surface area (Å²) >= 11 is 1.65. The van der Waals surface area contributed by atoms with Crippen molar-refractivity contribution in [2.45, 2.75) is 11.8 Å². The van der Waals surface area contributed by atoms with Crippen LogP contribution in [-0.2, 0) is 4.79 Å². The second-order valence-corrected chi connectivity index (χ2v) is 5.28. The molecule has 1 aliphatic rings. The van der Waals surface area contributed by atoms with Gasteiger partial charge in [0.2, 0.25) is 5.91 Å². The van der Waals surface area contributed by atoms with E-state index in [2.05, 4.69) is 17.6 Å². The Kier molecular flexibility index (Phi) is 4.07. The third-order valence-corrected chi connectivity index (χ3v) is 4.01. The number of benzene rings is 1. The summed E-state index contributed by atoms with van der Waals surface area (Å²) in [6.07, 6.45) is 2.02. The van der Waals surface area contributed by atoms with Gasteiger partial charge in [0.25, 0.3) is 0 Å². The van der Waals surface area contributed by atoms with Gasteiger partial charge in [-0.3, -0.25) is 4.79 Å². The Labute approximate surface area is 106 Å². The Hall–Kier alpha value is -1.00. The largest absolute Gasteiger partial charge is 0.325 e. The van der Waals surface area contributed by atoms with Crippen molar-refractivity contribution in [1.29, 1.82) is 0 Å². The molecule has 1 aromatic carbocycles. The Bertz CT molecular complexity index is 408. The van der Waals surface area contributed by atoms with Crippen LogP contribution in [-0.4, -0.2) is 25.3 Å². The van der Waals surface area contributed by atoms with Gasteiger partial charge in [-0.25, -0.2) is 0 Å². The van der Waals surface area contributed by atoms with Gasteiger partial charge in [0, 0.05) is 11.4 Å². The molecule has 1 amide bonds. The average Bonchev–Trinajstić information content (AvgIpc) is 2.76. The normalized spacial score (nSPS) is 23.6. The van der Waals surface area contributed by atoms with Crippen LogP contribution in [0.1, 0.15) is 6.92 Å². The molecule has 1 heterocycles. The van der Waals surface area contributed by atoms with Crippen molar-refractivity contribution in [2.24, 2.45) is 11.8 Å². The van der Waals surface area contributed by atoms with Crippen molar-refractivity contribution in [1.82, 2.24) is 5.32 Å². The molecule has 0 aliphatic carbocycles. The number of hydrogen-bond donors (Lipinski definition) is 2. The molecule has 2 N–H and O–H groups in total. The maximum Gasteiger partial charge on any atom is 0.229 e. The van der Waals surface area contributed by atoms with Crippen LogP contribution in [0, 0.1) is 11.8 Å². The zero-order valence-electron chi connectivity index (χ0n) is 10.2. The number of rotatable bonds is 3. The molecule has 0 bridgehead atoms. The van der Waals surface area contributed by atoms with Gasteiger partial charge in [0.15, 0.2) is 0 Å². The van der Waals surface area contributed by atoms with Crippen molar-refractivity contribution in [3.8, 4) is 0 Å². The Morgan fingerprint density at radius 2 is 2.18 bits per heavy atom. The molecule has 0 spiro atoms. The van der Waals surface area contributed by atoms with E-state index in [1.165, 1.54) is 0 Å². The van der Waals surface area contributed by atoms with E-state index >= 15 is 0 Å². The highest BCUT2D eigenvalue weighted by molar-refractivity contribution is 7.98. The van der Waals surface area contributed by atoms with E-state index in [1.54, 1.807) is 11.8 Å². The number of anilines is 1. The Morgan fingerprint density at radius 3 is 2.82 bits per heavy atom. The lowest BCUT2D eigenvalue weighted by Gasteiger charge is -2.15. The van der Waals surface area contributed by atoms with Crippen LogP contribution in [0.3, 0.4) is 0 Å². The predicted octanol–water partition coefficient (Wildman–Crippen LogP) is 2.20. The monoisotopic (exact) mass is 250 g/mol. The topological polar surface area (TPSA) is 41.1 Å². The van der Waals surface area contributed by atoms with Gasteiger partial charge in [0.05, 0.1) is 11.6 Å². The molecular weight excluding hydrogens is 232 g/mol. The Balaban J connectivity index is 2.07. The number of carbonyl (C=O) groups is 1. The molecule has 2 unspecified atom stereocenters. The van der Waals surface area contributed by atoms with E-state index in [0.29, 0.717) is 5.92 Å². The van der Waals surface area contributed by atoms with Gasteiger partial charge in [-0.05, 0) is 30.9 Å². The minimum Gasteiger partial charge on any atom is -0.325 e. The van der Waals surface area contributed by atoms with E-state index in [-0.39, 0.29) is 11.8 Å². The van der Waals surface area contributed by atoms with Crippen molar-refractivity contribution < 1.29 is 4.79 Å². The molecule has 0 saturated carbocycles. The van der Waals surface area contributed by atoms with Crippen LogP contribution in [0.15, 0.2) is 29.2 Å². The van der Waals surface area contributed by atoms with Gasteiger partial charge < -0.3 is 10.6 Å². The second kappa shape index (κ2) is 5.56. The minimum absolute atomic E-state index is 0.0879. The summed E-state index contributed by atoms with van der Waals surface area (Å²) < 4.78 is 0. The number of hydrogen-bond acceptors (Lipinski definition) is 3. The zero-order chi connectivity index (χ0) is 12.3. The van der Waals surface area contributed by atoms with Gasteiger partial charge >= 0.3 is 0 Å². The lowest BCUT2D eigenvalue weighted by Crippen LogP contribution is -2.28. The summed E-state index contributed by atoms with van der Waals surface area (Å²) in [6, 6.07) is 7.92. The summed E-state index contributed by atoms with van der Waals surface area (Å²) in [7, 11) is 0. The van der Waals surface area contributed by atoms with E-state index in [1.807, 2.05) is 30.5 Å². The highest BCUT2D eigenvalue weighted by atomic mass is 32.2. The van der Waals surface area contributed by atoms with Gasteiger partial charge in [-0.2, -0.15) is 0 Å². The maximum atomic E-state index is 12.1. The van der Waals surface area contributed by atoms with Crippen molar-refractivity contribution in [3.05, 3.63) is 24.3 Å². The lowest BCUT2D eigenvalue weighted by atomic mass is 9.97. The third kappa shape index (κ3) is 2.82. The van der Waals surface area contributed by atoms with Gasteiger partial charge in [0.1, 0.15) is 0 Å². The van der Waals surface area contributed by atoms with Crippen LogP contribution in [0.5, 0.6) is 0 Å². The first-order valence-corrected chi connectivity index (χ1v) is 7.09. The van der Waals surface area contributed by atoms with Gasteiger partial charge in [-0.15, -0.1) is 11.8 Å². The van der Waals surface area contributed by atoms with Crippen molar-refractivity contribution in [3.63, 3.8) is 0 Å². The zero-order valence-corrected chi connectivity index (χ0v) is 11.0. The van der Waals surface area contributed by atoms with E-state index in [4.69, 9.17) is 0 Å². The Morgan fingerprint density at radius 1 is 1.41 bits per heavy atom. The average molecular weight is 250 g/mol. The highest BCUT2D eigenvalue weighted by Gasteiger charge is 2.29. The SMILES string of the molecule is CSc1ccccc1NC(=O)C1CNCC1C. The molecule has 17 heavy (non-hydrogen) atoms. The fourth-order valence-electron chi connectivity index (χ4n) is 2.13. The standard InChI is InChI=1S/C13H18N2OS/c1-9-7-14-8-10(9)13(16)15-11-5-3-4-6-12(11)17-2/h3-6,9-10,14H,7-8H2,1-2H3,(H,15,16). The lowest BCUT2D eigenvalue weighted by molar-refractivity contribution is -0.120. The maximum absolute atomic E-state index is 12.1. The highest BCUT2D eigenvalue weighted by Crippen LogP contribution is 2.26. The molecule has 0 radical (unpaired) electrons. The smallest absolute Gasteiger partial charge is 0.229 e. The second-order valence-electron chi connectivity index (χ2n) is 4.43. The number of amides is 1. The van der Waals surface area contributed by atoms with Crippen LogP contribution in [0.2, 0.25) is 0 Å². The first-order valence-electron chi connectivity index (χ1n) is 5.87. The van der Waals surface area contributed by atoms with Gasteiger partial charge in [-0.1, -0.05) is 19.1 Å². The number of nitrogens with one attached hydrogen (secondary N) is 2. The summed E-state index contributed by atoms with van der Waals surface area (Å²) in [6.45, 7) is 3.83. The molecule has 1 saturated heterocycles.